The molecule has 0 amide bonds. The Morgan fingerprint density at radius 1 is 1.82 bits per heavy atom. The molecule has 0 aromatic heterocycles. The third-order valence-corrected chi connectivity index (χ3v) is 1.21. The number of cyclic esters (lactones) is 1. The van der Waals surface area contributed by atoms with Gasteiger partial charge in [-0.05, 0) is 6.92 Å². The average molecular weight is 156 g/mol. The van der Waals surface area contributed by atoms with Gasteiger partial charge in [-0.3, -0.25) is 4.79 Å². The summed E-state index contributed by atoms with van der Waals surface area (Å²) in [6, 6.07) is 0. The topological polar surface area (TPSA) is 52.6 Å². The molecule has 0 aliphatic carbocycles. The summed E-state index contributed by atoms with van der Waals surface area (Å²) in [5, 5.41) is 0. The first kappa shape index (κ1) is 7.78. The largest absolute Gasteiger partial charge is 0.463 e. The summed E-state index contributed by atoms with van der Waals surface area (Å²) >= 11 is 0. The van der Waals surface area contributed by atoms with Gasteiger partial charge in [0.15, 0.2) is 0 Å². The summed E-state index contributed by atoms with van der Waals surface area (Å²) in [7, 11) is 0. The van der Waals surface area contributed by atoms with Crippen LogP contribution in [0.4, 0.5) is 0 Å². The van der Waals surface area contributed by atoms with Crippen molar-refractivity contribution >= 4 is 11.9 Å². The Bertz CT molecular complexity index is 216. The van der Waals surface area contributed by atoms with Crippen molar-refractivity contribution in [3.8, 4) is 0 Å². The maximum atomic E-state index is 10.9. The summed E-state index contributed by atoms with van der Waals surface area (Å²) in [6.07, 6.45) is 1.17. The molecule has 0 bridgehead atoms. The molecule has 0 radical (unpaired) electrons. The fourth-order valence-electron chi connectivity index (χ4n) is 0.720. The SMILES string of the molecule is CCOC(=O)C1=COC(=O)C1. The standard InChI is InChI=1S/C7H8O4/c1-2-10-7(9)5-3-6(8)11-4-5/h4H,2-3H2,1H3. The molecule has 0 unspecified atom stereocenters. The third kappa shape index (κ3) is 1.80. The second kappa shape index (κ2) is 3.18. The zero-order valence-electron chi connectivity index (χ0n) is 6.12. The fourth-order valence-corrected chi connectivity index (χ4v) is 0.720. The maximum absolute atomic E-state index is 10.9. The highest BCUT2D eigenvalue weighted by atomic mass is 16.5. The zero-order chi connectivity index (χ0) is 8.27. The van der Waals surface area contributed by atoms with Crippen LogP contribution in [0.1, 0.15) is 13.3 Å². The van der Waals surface area contributed by atoms with Gasteiger partial charge in [-0.15, -0.1) is 0 Å². The summed E-state index contributed by atoms with van der Waals surface area (Å²) in [4.78, 5) is 21.3. The van der Waals surface area contributed by atoms with Gasteiger partial charge in [-0.25, -0.2) is 4.79 Å². The molecule has 0 spiro atoms. The Labute approximate surface area is 63.8 Å². The molecule has 0 fully saturated rings. The van der Waals surface area contributed by atoms with E-state index in [-0.39, 0.29) is 12.0 Å². The average Bonchev–Trinajstić information content (AvgIpc) is 2.36. The van der Waals surface area contributed by atoms with E-state index in [9.17, 15) is 9.59 Å². The van der Waals surface area contributed by atoms with Gasteiger partial charge in [-0.1, -0.05) is 0 Å². The van der Waals surface area contributed by atoms with E-state index in [4.69, 9.17) is 0 Å². The number of hydrogen-bond donors (Lipinski definition) is 0. The molecule has 60 valence electrons. The van der Waals surface area contributed by atoms with Crippen LogP contribution in [0, 0.1) is 0 Å². The summed E-state index contributed by atoms with van der Waals surface area (Å²) in [5.74, 6) is -0.883. The van der Waals surface area contributed by atoms with E-state index in [1.807, 2.05) is 0 Å². The van der Waals surface area contributed by atoms with E-state index >= 15 is 0 Å². The Balaban J connectivity index is 2.49. The molecule has 0 N–H and O–H groups in total. The van der Waals surface area contributed by atoms with Crippen LogP contribution in [0.15, 0.2) is 11.8 Å². The number of rotatable bonds is 2. The highest BCUT2D eigenvalue weighted by molar-refractivity contribution is 5.96. The molecule has 0 atom stereocenters. The normalized spacial score (nSPS) is 15.7. The zero-order valence-corrected chi connectivity index (χ0v) is 6.12. The monoisotopic (exact) mass is 156 g/mol. The molecule has 1 aliphatic rings. The molecule has 0 aromatic rings. The molecular formula is C7H8O4. The number of hydrogen-bond acceptors (Lipinski definition) is 4. The van der Waals surface area contributed by atoms with Crippen LogP contribution in [0.3, 0.4) is 0 Å². The van der Waals surface area contributed by atoms with Gasteiger partial charge in [0.05, 0.1) is 18.6 Å². The quantitative estimate of drug-likeness (QED) is 0.542. The highest BCUT2D eigenvalue weighted by Crippen LogP contribution is 2.12. The number of ether oxygens (including phenoxy) is 2. The van der Waals surface area contributed by atoms with Crippen molar-refractivity contribution in [1.82, 2.24) is 0 Å². The van der Waals surface area contributed by atoms with E-state index in [0.29, 0.717) is 6.61 Å². The summed E-state index contributed by atoms with van der Waals surface area (Å²) in [6.45, 7) is 2.01. The van der Waals surface area contributed by atoms with Crippen LogP contribution in [-0.2, 0) is 19.1 Å². The maximum Gasteiger partial charge on any atom is 0.337 e. The van der Waals surface area contributed by atoms with Gasteiger partial charge in [0.25, 0.3) is 0 Å². The molecule has 1 rings (SSSR count). The third-order valence-electron chi connectivity index (χ3n) is 1.21. The first-order valence-electron chi connectivity index (χ1n) is 3.29. The molecule has 11 heavy (non-hydrogen) atoms. The van der Waals surface area contributed by atoms with Crippen molar-refractivity contribution in [3.05, 3.63) is 11.8 Å². The van der Waals surface area contributed by atoms with E-state index < -0.39 is 11.9 Å². The van der Waals surface area contributed by atoms with Crippen LogP contribution in [0.5, 0.6) is 0 Å². The van der Waals surface area contributed by atoms with Gasteiger partial charge < -0.3 is 9.47 Å². The molecule has 4 heteroatoms. The Hall–Kier alpha value is -1.32. The lowest BCUT2D eigenvalue weighted by Crippen LogP contribution is -2.06. The lowest BCUT2D eigenvalue weighted by Gasteiger charge is -1.97. The van der Waals surface area contributed by atoms with E-state index in [1.165, 1.54) is 0 Å². The summed E-state index contributed by atoms with van der Waals surface area (Å²) in [5.41, 5.74) is 0.289. The van der Waals surface area contributed by atoms with E-state index in [2.05, 4.69) is 9.47 Å². The van der Waals surface area contributed by atoms with Crippen LogP contribution in [0.2, 0.25) is 0 Å². The van der Waals surface area contributed by atoms with Crippen molar-refractivity contribution in [2.45, 2.75) is 13.3 Å². The molecule has 0 aromatic carbocycles. The Kier molecular flexibility index (Phi) is 2.25. The van der Waals surface area contributed by atoms with Crippen molar-refractivity contribution in [1.29, 1.82) is 0 Å². The van der Waals surface area contributed by atoms with Gasteiger partial charge >= 0.3 is 11.9 Å². The van der Waals surface area contributed by atoms with Gasteiger partial charge in [0.1, 0.15) is 6.26 Å². The van der Waals surface area contributed by atoms with Crippen molar-refractivity contribution in [3.63, 3.8) is 0 Å². The minimum absolute atomic E-state index is 0.0266. The second-order valence-electron chi connectivity index (χ2n) is 2.03. The minimum Gasteiger partial charge on any atom is -0.463 e. The van der Waals surface area contributed by atoms with E-state index in [1.54, 1.807) is 6.92 Å². The molecule has 0 saturated carbocycles. The minimum atomic E-state index is -0.474. The molecule has 0 saturated heterocycles. The molecule has 4 nitrogen and oxygen atoms in total. The van der Waals surface area contributed by atoms with Gasteiger partial charge in [0, 0.05) is 0 Å². The highest BCUT2D eigenvalue weighted by Gasteiger charge is 2.21. The van der Waals surface area contributed by atoms with Crippen molar-refractivity contribution < 1.29 is 19.1 Å². The van der Waals surface area contributed by atoms with Gasteiger partial charge in [0.2, 0.25) is 0 Å². The lowest BCUT2D eigenvalue weighted by molar-refractivity contribution is -0.140. The first-order chi connectivity index (χ1) is 5.24. The van der Waals surface area contributed by atoms with Crippen LogP contribution >= 0.6 is 0 Å². The first-order valence-corrected chi connectivity index (χ1v) is 3.29. The lowest BCUT2D eigenvalue weighted by atomic mass is 10.2. The number of carbonyl (C=O) groups is 2. The van der Waals surface area contributed by atoms with Crippen molar-refractivity contribution in [2.75, 3.05) is 6.61 Å². The molecule has 1 heterocycles. The van der Waals surface area contributed by atoms with Crippen LogP contribution in [0.25, 0.3) is 0 Å². The van der Waals surface area contributed by atoms with Crippen LogP contribution < -0.4 is 0 Å². The predicted octanol–water partition coefficient (Wildman–Crippen LogP) is 0.380. The van der Waals surface area contributed by atoms with Crippen LogP contribution in [-0.4, -0.2) is 18.5 Å². The van der Waals surface area contributed by atoms with E-state index in [0.717, 1.165) is 6.26 Å². The Morgan fingerprint density at radius 3 is 3.00 bits per heavy atom. The van der Waals surface area contributed by atoms with Gasteiger partial charge in [-0.2, -0.15) is 0 Å². The number of esters is 2. The smallest absolute Gasteiger partial charge is 0.337 e. The van der Waals surface area contributed by atoms with Crippen molar-refractivity contribution in [2.24, 2.45) is 0 Å². The second-order valence-corrected chi connectivity index (χ2v) is 2.03. The summed E-state index contributed by atoms with van der Waals surface area (Å²) < 4.78 is 9.07. The Morgan fingerprint density at radius 2 is 2.55 bits per heavy atom. The predicted molar refractivity (Wildman–Crippen MR) is 35.4 cm³/mol. The molecule has 1 aliphatic heterocycles. The number of carbonyl (C=O) groups excluding carboxylic acids is 2. The fraction of sp³-hybridized carbons (Fsp3) is 0.429. The molecular weight excluding hydrogens is 148 g/mol.